The Morgan fingerprint density at radius 2 is 1.51 bits per heavy atom. The molecule has 0 heterocycles. The largest absolute Gasteiger partial charge is 0.418 e. The van der Waals surface area contributed by atoms with E-state index in [-0.39, 0.29) is 11.4 Å². The zero-order chi connectivity index (χ0) is 31.0. The summed E-state index contributed by atoms with van der Waals surface area (Å²) in [7, 11) is 0. The summed E-state index contributed by atoms with van der Waals surface area (Å²) in [5.74, 6) is -1.65. The molecule has 3 N–H and O–H groups in total. The molecule has 0 aromatic heterocycles. The molecule has 4 rings (SSSR count). The van der Waals surface area contributed by atoms with Gasteiger partial charge in [-0.2, -0.15) is 13.2 Å². The van der Waals surface area contributed by atoms with Crippen molar-refractivity contribution < 1.29 is 27.6 Å². The van der Waals surface area contributed by atoms with Gasteiger partial charge in [-0.05, 0) is 79.2 Å². The number of rotatable bonds is 9. The van der Waals surface area contributed by atoms with Crippen molar-refractivity contribution in [3.8, 4) is 0 Å². The van der Waals surface area contributed by atoms with Crippen molar-refractivity contribution in [2.24, 2.45) is 0 Å². The first-order valence-corrected chi connectivity index (χ1v) is 14.1. The fraction of sp³-hybridized carbons (Fsp3) is 0.0938. The summed E-state index contributed by atoms with van der Waals surface area (Å²) in [5, 5.41) is 7.49. The van der Waals surface area contributed by atoms with Crippen molar-refractivity contribution in [2.45, 2.75) is 23.2 Å². The summed E-state index contributed by atoms with van der Waals surface area (Å²) in [6.45, 7) is 1.58. The number of anilines is 2. The highest BCUT2D eigenvalue weighted by atomic mass is 35.5. The Hall–Kier alpha value is -4.54. The number of thioether (sulfide) groups is 1. The van der Waals surface area contributed by atoms with Crippen LogP contribution in [0.25, 0.3) is 6.08 Å². The molecule has 0 spiro atoms. The number of hydrogen-bond acceptors (Lipinski definition) is 4. The molecule has 43 heavy (non-hydrogen) atoms. The van der Waals surface area contributed by atoms with Crippen LogP contribution >= 0.6 is 23.4 Å². The number of nitrogens with one attached hydrogen (secondary N) is 3. The molecule has 1 unspecified atom stereocenters. The first-order chi connectivity index (χ1) is 20.5. The lowest BCUT2D eigenvalue weighted by Gasteiger charge is -2.16. The number of carbonyl (C=O) groups excluding carboxylic acids is 3. The lowest BCUT2D eigenvalue weighted by atomic mass is 10.1. The second-order valence-electron chi connectivity index (χ2n) is 9.20. The summed E-state index contributed by atoms with van der Waals surface area (Å²) in [6.07, 6.45) is -3.10. The highest BCUT2D eigenvalue weighted by molar-refractivity contribution is 8.00. The van der Waals surface area contributed by atoms with Gasteiger partial charge in [-0.3, -0.25) is 14.4 Å². The molecule has 220 valence electrons. The van der Waals surface area contributed by atoms with Gasteiger partial charge in [0.2, 0.25) is 5.91 Å². The van der Waals surface area contributed by atoms with Crippen LogP contribution in [-0.2, 0) is 15.8 Å². The minimum atomic E-state index is -4.60. The molecule has 0 radical (unpaired) electrons. The van der Waals surface area contributed by atoms with Crippen molar-refractivity contribution >= 4 is 58.5 Å². The molecule has 4 aromatic rings. The molecule has 11 heteroatoms. The third-order valence-electron chi connectivity index (χ3n) is 5.97. The van der Waals surface area contributed by atoms with Gasteiger partial charge in [-0.1, -0.05) is 54.1 Å². The van der Waals surface area contributed by atoms with E-state index >= 15 is 0 Å². The Morgan fingerprint density at radius 3 is 2.19 bits per heavy atom. The molecule has 4 aromatic carbocycles. The zero-order valence-electron chi connectivity index (χ0n) is 22.6. The van der Waals surface area contributed by atoms with Gasteiger partial charge < -0.3 is 16.0 Å². The monoisotopic (exact) mass is 623 g/mol. The van der Waals surface area contributed by atoms with E-state index in [2.05, 4.69) is 16.0 Å². The summed E-state index contributed by atoms with van der Waals surface area (Å²) in [4.78, 5) is 39.3. The van der Waals surface area contributed by atoms with E-state index in [1.807, 2.05) is 0 Å². The minimum absolute atomic E-state index is 0.0148. The van der Waals surface area contributed by atoms with Crippen molar-refractivity contribution in [1.82, 2.24) is 5.32 Å². The number of hydrogen-bond donors (Lipinski definition) is 3. The fourth-order valence-electron chi connectivity index (χ4n) is 3.85. The van der Waals surface area contributed by atoms with E-state index < -0.39 is 34.7 Å². The SMILES string of the molecule is CC(Sc1ccc(NC(=O)/C(=C/c2cccc(Cl)c2)NC(=O)c2ccccc2)cc1)C(=O)Nc1ccccc1C(F)(F)F. The van der Waals surface area contributed by atoms with Crippen LogP contribution in [0.5, 0.6) is 0 Å². The molecule has 0 saturated carbocycles. The van der Waals surface area contributed by atoms with Gasteiger partial charge in [-0.15, -0.1) is 11.8 Å². The molecule has 0 aliphatic carbocycles. The average Bonchev–Trinajstić information content (AvgIpc) is 2.98. The number of amides is 3. The van der Waals surface area contributed by atoms with Crippen molar-refractivity contribution in [1.29, 1.82) is 0 Å². The third kappa shape index (κ3) is 8.97. The minimum Gasteiger partial charge on any atom is -0.325 e. The highest BCUT2D eigenvalue weighted by Crippen LogP contribution is 2.35. The van der Waals surface area contributed by atoms with Crippen molar-refractivity contribution in [3.63, 3.8) is 0 Å². The van der Waals surface area contributed by atoms with Crippen LogP contribution in [0.2, 0.25) is 5.02 Å². The molecular formula is C32H25ClF3N3O3S. The number of para-hydroxylation sites is 1. The Labute approximate surface area is 255 Å². The molecule has 0 fully saturated rings. The molecule has 0 saturated heterocycles. The van der Waals surface area contributed by atoms with Crippen molar-refractivity contribution in [2.75, 3.05) is 10.6 Å². The van der Waals surface area contributed by atoms with Gasteiger partial charge >= 0.3 is 6.18 Å². The van der Waals surface area contributed by atoms with Crippen LogP contribution in [0.15, 0.2) is 114 Å². The Morgan fingerprint density at radius 1 is 0.837 bits per heavy atom. The van der Waals surface area contributed by atoms with Gasteiger partial charge in [0.1, 0.15) is 5.70 Å². The van der Waals surface area contributed by atoms with Crippen LogP contribution in [0.3, 0.4) is 0 Å². The molecule has 3 amide bonds. The molecule has 0 aliphatic rings. The molecule has 0 bridgehead atoms. The van der Waals surface area contributed by atoms with Crippen molar-refractivity contribution in [3.05, 3.63) is 131 Å². The van der Waals surface area contributed by atoms with E-state index in [0.717, 1.165) is 17.8 Å². The van der Waals surface area contributed by atoms with E-state index in [4.69, 9.17) is 11.6 Å². The van der Waals surface area contributed by atoms with Gasteiger partial charge in [0.05, 0.1) is 16.5 Å². The average molecular weight is 624 g/mol. The van der Waals surface area contributed by atoms with Crippen LogP contribution in [0.1, 0.15) is 28.4 Å². The second-order valence-corrected chi connectivity index (χ2v) is 11.1. The normalized spacial score (nSPS) is 12.3. The quantitative estimate of drug-likeness (QED) is 0.131. The van der Waals surface area contributed by atoms with Gasteiger partial charge in [0.15, 0.2) is 0 Å². The topological polar surface area (TPSA) is 87.3 Å². The number of halogens is 4. The predicted molar refractivity (Wildman–Crippen MR) is 164 cm³/mol. The van der Waals surface area contributed by atoms with Gasteiger partial charge in [0, 0.05) is 21.2 Å². The van der Waals surface area contributed by atoms with Gasteiger partial charge in [0.25, 0.3) is 11.8 Å². The van der Waals surface area contributed by atoms with Crippen LogP contribution < -0.4 is 16.0 Å². The summed E-state index contributed by atoms with van der Waals surface area (Å²) in [6, 6.07) is 26.5. The number of carbonyl (C=O) groups is 3. The Bertz CT molecular complexity index is 1650. The lowest BCUT2D eigenvalue weighted by molar-refractivity contribution is -0.137. The fourth-order valence-corrected chi connectivity index (χ4v) is 4.92. The molecule has 0 aliphatic heterocycles. The van der Waals surface area contributed by atoms with E-state index in [9.17, 15) is 27.6 Å². The highest BCUT2D eigenvalue weighted by Gasteiger charge is 2.34. The van der Waals surface area contributed by atoms with E-state index in [0.29, 0.717) is 26.7 Å². The standard InChI is InChI=1S/C32H25ClF3N3O3S/c1-20(29(40)38-27-13-6-5-12-26(27)32(34,35)36)43-25-16-14-24(15-17-25)37-31(42)28(19-21-8-7-11-23(33)18-21)39-30(41)22-9-3-2-4-10-22/h2-20H,1H3,(H,37,42)(H,38,40)(H,39,41)/b28-19-. The van der Waals surface area contributed by atoms with Crippen LogP contribution in [0, 0.1) is 0 Å². The Balaban J connectivity index is 1.43. The molecular weight excluding hydrogens is 599 g/mol. The maximum Gasteiger partial charge on any atom is 0.418 e. The first-order valence-electron chi connectivity index (χ1n) is 12.9. The maximum atomic E-state index is 13.3. The van der Waals surface area contributed by atoms with E-state index in [1.54, 1.807) is 85.8 Å². The van der Waals surface area contributed by atoms with Crippen LogP contribution in [0.4, 0.5) is 24.5 Å². The third-order valence-corrected chi connectivity index (χ3v) is 7.32. The van der Waals surface area contributed by atoms with Gasteiger partial charge in [-0.25, -0.2) is 0 Å². The summed E-state index contributed by atoms with van der Waals surface area (Å²) < 4.78 is 39.8. The molecule has 6 nitrogen and oxygen atoms in total. The summed E-state index contributed by atoms with van der Waals surface area (Å²) >= 11 is 7.23. The smallest absolute Gasteiger partial charge is 0.325 e. The Kier molecular flexibility index (Phi) is 10.3. The van der Waals surface area contributed by atoms with E-state index in [1.165, 1.54) is 24.3 Å². The first kappa shape index (κ1) is 31.4. The molecule has 1 atom stereocenters. The second kappa shape index (κ2) is 14.1. The maximum absolute atomic E-state index is 13.3. The lowest BCUT2D eigenvalue weighted by Crippen LogP contribution is -2.30. The number of alkyl halides is 3. The van der Waals surface area contributed by atoms with Crippen LogP contribution in [-0.4, -0.2) is 23.0 Å². The summed E-state index contributed by atoms with van der Waals surface area (Å²) in [5.41, 5.74) is 0.128. The zero-order valence-corrected chi connectivity index (χ0v) is 24.2. The number of benzene rings is 4. The predicted octanol–water partition coefficient (Wildman–Crippen LogP) is 7.89.